The van der Waals surface area contributed by atoms with Crippen LogP contribution in [-0.2, 0) is 0 Å². The van der Waals surface area contributed by atoms with Gasteiger partial charge >= 0.3 is 0 Å². The molecule has 0 aromatic carbocycles. The molecule has 5 heteroatoms. The summed E-state index contributed by atoms with van der Waals surface area (Å²) >= 11 is 0. The summed E-state index contributed by atoms with van der Waals surface area (Å²) in [6.45, 7) is 8.41. The zero-order chi connectivity index (χ0) is 15.7. The lowest BCUT2D eigenvalue weighted by molar-refractivity contribution is 0.0374. The van der Waals surface area contributed by atoms with E-state index in [-0.39, 0.29) is 17.5 Å². The minimum absolute atomic E-state index is 0.0571. The number of hydrogen-bond donors (Lipinski definition) is 2. The van der Waals surface area contributed by atoms with E-state index in [1.54, 1.807) is 0 Å². The third-order valence-corrected chi connectivity index (χ3v) is 5.34. The number of rotatable bonds is 2. The molecule has 2 aliphatic heterocycles. The number of carbonyl (C=O) groups excluding carboxylic acids is 1. The first-order chi connectivity index (χ1) is 10.5. The van der Waals surface area contributed by atoms with Crippen molar-refractivity contribution >= 4 is 5.91 Å². The van der Waals surface area contributed by atoms with E-state index in [9.17, 15) is 4.79 Å². The van der Waals surface area contributed by atoms with Crippen LogP contribution in [0.5, 0.6) is 0 Å². The van der Waals surface area contributed by atoms with Gasteiger partial charge in [-0.15, -0.1) is 0 Å². The lowest BCUT2D eigenvalue weighted by Gasteiger charge is -2.48. The van der Waals surface area contributed by atoms with Crippen LogP contribution in [0.3, 0.4) is 0 Å². The Labute approximate surface area is 132 Å². The molecule has 1 aromatic rings. The maximum atomic E-state index is 13.0. The van der Waals surface area contributed by atoms with Crippen LogP contribution in [-0.4, -0.2) is 45.7 Å². The maximum Gasteiger partial charge on any atom is 0.274 e. The van der Waals surface area contributed by atoms with Crippen LogP contribution in [0.25, 0.3) is 0 Å². The third-order valence-electron chi connectivity index (χ3n) is 5.34. The molecule has 0 aliphatic carbocycles. The van der Waals surface area contributed by atoms with Gasteiger partial charge in [0.2, 0.25) is 0 Å². The Hall–Kier alpha value is -1.36. The second-order valence-corrected chi connectivity index (χ2v) is 7.32. The van der Waals surface area contributed by atoms with Crippen molar-refractivity contribution in [3.8, 4) is 0 Å². The van der Waals surface area contributed by atoms with Crippen LogP contribution in [0.4, 0.5) is 0 Å². The zero-order valence-electron chi connectivity index (χ0n) is 14.0. The highest BCUT2D eigenvalue weighted by molar-refractivity contribution is 5.92. The molecule has 2 aliphatic rings. The molecule has 2 fully saturated rings. The first-order valence-corrected chi connectivity index (χ1v) is 8.62. The van der Waals surface area contributed by atoms with Gasteiger partial charge in [0.15, 0.2) is 0 Å². The van der Waals surface area contributed by atoms with E-state index in [1.165, 1.54) is 12.8 Å². The number of piperidine rings is 1. The molecule has 2 N–H and O–H groups in total. The van der Waals surface area contributed by atoms with Gasteiger partial charge in [-0.2, -0.15) is 5.10 Å². The Morgan fingerprint density at radius 3 is 2.95 bits per heavy atom. The lowest BCUT2D eigenvalue weighted by atomic mass is 9.81. The molecule has 0 saturated carbocycles. The fourth-order valence-electron chi connectivity index (χ4n) is 3.93. The van der Waals surface area contributed by atoms with Gasteiger partial charge in [0, 0.05) is 23.8 Å². The molecule has 3 rings (SSSR count). The number of nitrogens with zero attached hydrogens (tertiary/aromatic N) is 2. The number of aromatic nitrogens is 2. The monoisotopic (exact) mass is 304 g/mol. The molecule has 1 amide bonds. The van der Waals surface area contributed by atoms with Crippen LogP contribution < -0.4 is 5.32 Å². The quantitative estimate of drug-likeness (QED) is 0.883. The molecule has 0 unspecified atom stereocenters. The van der Waals surface area contributed by atoms with Gasteiger partial charge in [-0.3, -0.25) is 9.89 Å². The SMILES string of the molecule is CC(C)c1cc(C(=O)N2CCC[C@]3(C)NCCCC[C@H]23)n[nH]1. The van der Waals surface area contributed by atoms with Gasteiger partial charge in [-0.1, -0.05) is 20.3 Å². The predicted molar refractivity (Wildman–Crippen MR) is 87.0 cm³/mol. The fraction of sp³-hybridized carbons (Fsp3) is 0.765. The molecular formula is C17H28N4O. The summed E-state index contributed by atoms with van der Waals surface area (Å²) in [5.74, 6) is 0.447. The van der Waals surface area contributed by atoms with Crippen LogP contribution in [0.15, 0.2) is 6.07 Å². The molecule has 0 radical (unpaired) electrons. The molecule has 1 aromatic heterocycles. The topological polar surface area (TPSA) is 61.0 Å². The van der Waals surface area contributed by atoms with Crippen molar-refractivity contribution in [2.45, 2.75) is 70.4 Å². The second kappa shape index (κ2) is 6.03. The first-order valence-electron chi connectivity index (χ1n) is 8.62. The van der Waals surface area contributed by atoms with Crippen molar-refractivity contribution < 1.29 is 4.79 Å². The van der Waals surface area contributed by atoms with E-state index in [2.05, 4.69) is 41.2 Å². The van der Waals surface area contributed by atoms with Gasteiger partial charge in [0.05, 0.1) is 0 Å². The average molecular weight is 304 g/mol. The maximum absolute atomic E-state index is 13.0. The number of hydrogen-bond acceptors (Lipinski definition) is 3. The molecule has 0 bridgehead atoms. The van der Waals surface area contributed by atoms with Crippen LogP contribution in [0, 0.1) is 0 Å². The minimum atomic E-state index is 0.0571. The number of carbonyl (C=O) groups is 1. The highest BCUT2D eigenvalue weighted by atomic mass is 16.2. The molecular weight excluding hydrogens is 276 g/mol. The number of likely N-dealkylation sites (tertiary alicyclic amines) is 1. The van der Waals surface area contributed by atoms with E-state index >= 15 is 0 Å². The number of fused-ring (bicyclic) bond motifs is 1. The molecule has 5 nitrogen and oxygen atoms in total. The molecule has 3 heterocycles. The highest BCUT2D eigenvalue weighted by Gasteiger charge is 2.43. The average Bonchev–Trinajstić information content (AvgIpc) is 2.89. The smallest absolute Gasteiger partial charge is 0.274 e. The summed E-state index contributed by atoms with van der Waals surface area (Å²) in [6, 6.07) is 2.21. The van der Waals surface area contributed by atoms with E-state index in [0.29, 0.717) is 11.6 Å². The highest BCUT2D eigenvalue weighted by Crippen LogP contribution is 2.33. The predicted octanol–water partition coefficient (Wildman–Crippen LogP) is 2.67. The Balaban J connectivity index is 1.83. The van der Waals surface area contributed by atoms with Crippen molar-refractivity contribution in [2.75, 3.05) is 13.1 Å². The third kappa shape index (κ3) is 2.78. The van der Waals surface area contributed by atoms with Gasteiger partial charge < -0.3 is 10.2 Å². The standard InChI is InChI=1S/C17H28N4O/c1-12(2)13-11-14(20-19-13)16(22)21-10-6-8-17(3)15(21)7-4-5-9-18-17/h11-12,15,18H,4-10H2,1-3H3,(H,19,20)/t15-,17-/m0/s1. The van der Waals surface area contributed by atoms with Crippen molar-refractivity contribution in [3.05, 3.63) is 17.5 Å². The van der Waals surface area contributed by atoms with Gasteiger partial charge in [0.25, 0.3) is 5.91 Å². The zero-order valence-corrected chi connectivity index (χ0v) is 14.0. The molecule has 2 atom stereocenters. The Bertz CT molecular complexity index is 539. The van der Waals surface area contributed by atoms with E-state index < -0.39 is 0 Å². The molecule has 2 saturated heterocycles. The summed E-state index contributed by atoms with van der Waals surface area (Å²) in [7, 11) is 0. The summed E-state index contributed by atoms with van der Waals surface area (Å²) in [4.78, 5) is 15.0. The van der Waals surface area contributed by atoms with Crippen LogP contribution >= 0.6 is 0 Å². The largest absolute Gasteiger partial charge is 0.332 e. The van der Waals surface area contributed by atoms with Gasteiger partial charge in [-0.05, 0) is 51.1 Å². The van der Waals surface area contributed by atoms with Crippen molar-refractivity contribution in [2.24, 2.45) is 0 Å². The van der Waals surface area contributed by atoms with E-state index in [1.807, 2.05) is 6.07 Å². The summed E-state index contributed by atoms with van der Waals surface area (Å²) in [5.41, 5.74) is 1.65. The summed E-state index contributed by atoms with van der Waals surface area (Å²) < 4.78 is 0. The number of amides is 1. The first kappa shape index (κ1) is 15.5. The summed E-state index contributed by atoms with van der Waals surface area (Å²) in [6.07, 6.45) is 5.70. The Kier molecular flexibility index (Phi) is 4.26. The Morgan fingerprint density at radius 1 is 1.41 bits per heavy atom. The van der Waals surface area contributed by atoms with Crippen molar-refractivity contribution in [3.63, 3.8) is 0 Å². The number of aromatic amines is 1. The van der Waals surface area contributed by atoms with Crippen molar-refractivity contribution in [1.82, 2.24) is 20.4 Å². The second-order valence-electron chi connectivity index (χ2n) is 7.32. The minimum Gasteiger partial charge on any atom is -0.332 e. The fourth-order valence-corrected chi connectivity index (χ4v) is 3.93. The number of nitrogens with one attached hydrogen (secondary N) is 2. The van der Waals surface area contributed by atoms with E-state index in [0.717, 1.165) is 38.0 Å². The molecule has 22 heavy (non-hydrogen) atoms. The van der Waals surface area contributed by atoms with Crippen LogP contribution in [0.1, 0.15) is 75.0 Å². The van der Waals surface area contributed by atoms with Crippen molar-refractivity contribution in [1.29, 1.82) is 0 Å². The van der Waals surface area contributed by atoms with E-state index in [4.69, 9.17) is 0 Å². The van der Waals surface area contributed by atoms with Gasteiger partial charge in [-0.25, -0.2) is 0 Å². The normalized spacial score (nSPS) is 29.3. The lowest BCUT2D eigenvalue weighted by Crippen LogP contribution is -2.62. The van der Waals surface area contributed by atoms with Crippen LogP contribution in [0.2, 0.25) is 0 Å². The Morgan fingerprint density at radius 2 is 2.23 bits per heavy atom. The summed E-state index contributed by atoms with van der Waals surface area (Å²) in [5, 5.41) is 11.0. The molecule has 0 spiro atoms. The van der Waals surface area contributed by atoms with Gasteiger partial charge in [0.1, 0.15) is 5.69 Å². The molecule has 122 valence electrons. The number of H-pyrrole nitrogens is 1.